The first-order chi connectivity index (χ1) is 8.22. The molecule has 1 rings (SSSR count). The third kappa shape index (κ3) is 5.77. The fourth-order valence-electron chi connectivity index (χ4n) is 1.31. The summed E-state index contributed by atoms with van der Waals surface area (Å²) in [7, 11) is 1.59. The predicted molar refractivity (Wildman–Crippen MR) is 65.1 cm³/mol. The van der Waals surface area contributed by atoms with E-state index in [4.69, 9.17) is 9.84 Å². The minimum Gasteiger partial charge on any atom is -0.508 e. The molecule has 0 bridgehead atoms. The summed E-state index contributed by atoms with van der Waals surface area (Å²) < 4.78 is 4.81. The summed E-state index contributed by atoms with van der Waals surface area (Å²) in [5, 5.41) is 14.5. The van der Waals surface area contributed by atoms with E-state index >= 15 is 0 Å². The topological polar surface area (TPSA) is 70.6 Å². The molecule has 0 aliphatic heterocycles. The van der Waals surface area contributed by atoms with Gasteiger partial charge >= 0.3 is 6.03 Å². The molecular formula is C12H18N2O3. The van der Waals surface area contributed by atoms with E-state index in [1.54, 1.807) is 19.2 Å². The molecule has 2 amide bonds. The van der Waals surface area contributed by atoms with Gasteiger partial charge in [0.25, 0.3) is 0 Å². The van der Waals surface area contributed by atoms with Crippen LogP contribution in [0.15, 0.2) is 24.3 Å². The maximum absolute atomic E-state index is 11.2. The largest absolute Gasteiger partial charge is 0.508 e. The smallest absolute Gasteiger partial charge is 0.314 e. The van der Waals surface area contributed by atoms with Gasteiger partial charge < -0.3 is 20.5 Å². The Balaban J connectivity index is 2.14. The highest BCUT2D eigenvalue weighted by Gasteiger charge is 1.99. The molecule has 0 spiro atoms. The van der Waals surface area contributed by atoms with Crippen LogP contribution in [0.5, 0.6) is 5.75 Å². The molecular weight excluding hydrogens is 220 g/mol. The molecule has 5 heteroatoms. The van der Waals surface area contributed by atoms with Crippen molar-refractivity contribution in [1.82, 2.24) is 10.6 Å². The van der Waals surface area contributed by atoms with Crippen LogP contribution in [0.1, 0.15) is 5.56 Å². The first-order valence-corrected chi connectivity index (χ1v) is 5.51. The van der Waals surface area contributed by atoms with Crippen LogP contribution in [0.4, 0.5) is 4.79 Å². The molecule has 3 N–H and O–H groups in total. The quantitative estimate of drug-likeness (QED) is 0.644. The second-order valence-corrected chi connectivity index (χ2v) is 3.59. The number of methoxy groups -OCH3 is 1. The molecule has 0 saturated heterocycles. The van der Waals surface area contributed by atoms with Crippen LogP contribution in [0.25, 0.3) is 0 Å². The number of amides is 2. The molecule has 1 aromatic rings. The molecule has 0 aliphatic carbocycles. The van der Waals surface area contributed by atoms with Crippen LogP contribution in [-0.4, -0.2) is 37.9 Å². The Labute approximate surface area is 101 Å². The van der Waals surface area contributed by atoms with Crippen LogP contribution in [0, 0.1) is 0 Å². The van der Waals surface area contributed by atoms with Crippen molar-refractivity contribution in [3.8, 4) is 5.75 Å². The van der Waals surface area contributed by atoms with Crippen molar-refractivity contribution in [1.29, 1.82) is 0 Å². The summed E-state index contributed by atoms with van der Waals surface area (Å²) in [6.07, 6.45) is 0.734. The number of benzene rings is 1. The number of ether oxygens (including phenoxy) is 1. The number of phenolic OH excluding ortho intramolecular Hbond substituents is 1. The summed E-state index contributed by atoms with van der Waals surface area (Å²) in [6.45, 7) is 1.57. The molecule has 5 nitrogen and oxygen atoms in total. The van der Waals surface area contributed by atoms with Gasteiger partial charge in [0.15, 0.2) is 0 Å². The lowest BCUT2D eigenvalue weighted by molar-refractivity contribution is 0.196. The van der Waals surface area contributed by atoms with Crippen molar-refractivity contribution in [2.45, 2.75) is 6.42 Å². The normalized spacial score (nSPS) is 9.94. The molecule has 0 heterocycles. The number of urea groups is 1. The van der Waals surface area contributed by atoms with Crippen LogP contribution >= 0.6 is 0 Å². The zero-order valence-corrected chi connectivity index (χ0v) is 9.90. The Kier molecular flexibility index (Phi) is 5.88. The number of phenols is 1. The predicted octanol–water partition coefficient (Wildman–Crippen LogP) is 0.880. The lowest BCUT2D eigenvalue weighted by Gasteiger charge is -2.07. The second kappa shape index (κ2) is 7.51. The van der Waals surface area contributed by atoms with Gasteiger partial charge in [0.1, 0.15) is 5.75 Å². The van der Waals surface area contributed by atoms with Gasteiger partial charge in [0.05, 0.1) is 6.61 Å². The van der Waals surface area contributed by atoms with Crippen LogP contribution < -0.4 is 10.6 Å². The maximum atomic E-state index is 11.2. The van der Waals surface area contributed by atoms with E-state index in [1.807, 2.05) is 12.1 Å². The summed E-state index contributed by atoms with van der Waals surface area (Å²) in [5.41, 5.74) is 1.07. The van der Waals surface area contributed by atoms with Crippen molar-refractivity contribution in [3.05, 3.63) is 29.8 Å². The van der Waals surface area contributed by atoms with Gasteiger partial charge in [0, 0.05) is 20.2 Å². The monoisotopic (exact) mass is 238 g/mol. The molecule has 0 radical (unpaired) electrons. The molecule has 0 aromatic heterocycles. The number of carbonyl (C=O) groups is 1. The minimum atomic E-state index is -0.194. The molecule has 0 atom stereocenters. The minimum absolute atomic E-state index is 0.194. The van der Waals surface area contributed by atoms with Gasteiger partial charge in [-0.1, -0.05) is 12.1 Å². The van der Waals surface area contributed by atoms with Crippen molar-refractivity contribution in [2.75, 3.05) is 26.8 Å². The molecule has 17 heavy (non-hydrogen) atoms. The third-order valence-corrected chi connectivity index (χ3v) is 2.23. The molecule has 0 saturated carbocycles. The fourth-order valence-corrected chi connectivity index (χ4v) is 1.31. The summed E-state index contributed by atoms with van der Waals surface area (Å²) in [6, 6.07) is 6.74. The number of hydrogen-bond donors (Lipinski definition) is 3. The van der Waals surface area contributed by atoms with Crippen molar-refractivity contribution < 1.29 is 14.6 Å². The first kappa shape index (κ1) is 13.3. The van der Waals surface area contributed by atoms with Gasteiger partial charge in [-0.3, -0.25) is 0 Å². The number of aromatic hydroxyl groups is 1. The van der Waals surface area contributed by atoms with E-state index in [0.717, 1.165) is 12.0 Å². The Morgan fingerprint density at radius 3 is 2.53 bits per heavy atom. The van der Waals surface area contributed by atoms with Crippen molar-refractivity contribution in [3.63, 3.8) is 0 Å². The van der Waals surface area contributed by atoms with E-state index in [1.165, 1.54) is 0 Å². The van der Waals surface area contributed by atoms with Gasteiger partial charge in [-0.25, -0.2) is 4.79 Å². The average Bonchev–Trinajstić information content (AvgIpc) is 2.32. The third-order valence-electron chi connectivity index (χ3n) is 2.23. The molecule has 0 fully saturated rings. The first-order valence-electron chi connectivity index (χ1n) is 5.51. The second-order valence-electron chi connectivity index (χ2n) is 3.59. The number of nitrogens with one attached hydrogen (secondary N) is 2. The van der Waals surface area contributed by atoms with Gasteiger partial charge in [0.2, 0.25) is 0 Å². The number of hydrogen-bond acceptors (Lipinski definition) is 3. The van der Waals surface area contributed by atoms with Crippen LogP contribution in [0.2, 0.25) is 0 Å². The number of rotatable bonds is 6. The van der Waals surface area contributed by atoms with E-state index in [2.05, 4.69) is 10.6 Å². The molecule has 0 aliphatic rings. The average molecular weight is 238 g/mol. The van der Waals surface area contributed by atoms with Crippen LogP contribution in [-0.2, 0) is 11.2 Å². The summed E-state index contributed by atoms with van der Waals surface area (Å²) in [5.74, 6) is 0.249. The van der Waals surface area contributed by atoms with E-state index in [9.17, 15) is 4.79 Å². The molecule has 94 valence electrons. The fraction of sp³-hybridized carbons (Fsp3) is 0.417. The highest BCUT2D eigenvalue weighted by Crippen LogP contribution is 2.09. The Hall–Kier alpha value is -1.75. The van der Waals surface area contributed by atoms with E-state index in [-0.39, 0.29) is 11.8 Å². The SMILES string of the molecule is COCCNC(=O)NCCc1ccc(O)cc1. The van der Waals surface area contributed by atoms with Crippen LogP contribution in [0.3, 0.4) is 0 Å². The summed E-state index contributed by atoms with van der Waals surface area (Å²) >= 11 is 0. The number of carbonyl (C=O) groups excluding carboxylic acids is 1. The van der Waals surface area contributed by atoms with Gasteiger partial charge in [-0.15, -0.1) is 0 Å². The Bertz CT molecular complexity index is 338. The van der Waals surface area contributed by atoms with Crippen molar-refractivity contribution >= 4 is 6.03 Å². The molecule has 0 unspecified atom stereocenters. The zero-order chi connectivity index (χ0) is 12.5. The van der Waals surface area contributed by atoms with E-state index < -0.39 is 0 Å². The lowest BCUT2D eigenvalue weighted by Crippen LogP contribution is -2.38. The summed E-state index contributed by atoms with van der Waals surface area (Å²) in [4.78, 5) is 11.2. The molecule has 1 aromatic carbocycles. The highest BCUT2D eigenvalue weighted by atomic mass is 16.5. The zero-order valence-electron chi connectivity index (χ0n) is 9.90. The maximum Gasteiger partial charge on any atom is 0.314 e. The van der Waals surface area contributed by atoms with Gasteiger partial charge in [-0.05, 0) is 24.1 Å². The van der Waals surface area contributed by atoms with Gasteiger partial charge in [-0.2, -0.15) is 0 Å². The Morgan fingerprint density at radius 2 is 1.88 bits per heavy atom. The van der Waals surface area contributed by atoms with E-state index in [0.29, 0.717) is 19.7 Å². The highest BCUT2D eigenvalue weighted by molar-refractivity contribution is 5.73. The lowest BCUT2D eigenvalue weighted by atomic mass is 10.1. The Morgan fingerprint density at radius 1 is 1.24 bits per heavy atom. The standard InChI is InChI=1S/C12H18N2O3/c1-17-9-8-14-12(16)13-7-6-10-2-4-11(15)5-3-10/h2-5,15H,6-9H2,1H3,(H2,13,14,16). The van der Waals surface area contributed by atoms with Crippen molar-refractivity contribution in [2.24, 2.45) is 0 Å².